The first-order chi connectivity index (χ1) is 12.0. The van der Waals surface area contributed by atoms with Crippen molar-refractivity contribution >= 4 is 51.5 Å². The Morgan fingerprint density at radius 2 is 1.68 bits per heavy atom. The molecule has 0 aliphatic heterocycles. The minimum Gasteiger partial charge on any atom is -0.343 e. The van der Waals surface area contributed by atoms with E-state index in [0.717, 1.165) is 10.8 Å². The summed E-state index contributed by atoms with van der Waals surface area (Å²) >= 11 is 11.8. The van der Waals surface area contributed by atoms with E-state index in [0.29, 0.717) is 10.7 Å². The zero-order chi connectivity index (χ0) is 17.8. The molecule has 4 nitrogen and oxygen atoms in total. The van der Waals surface area contributed by atoms with Crippen LogP contribution in [0.15, 0.2) is 60.7 Å². The number of hydrogen-bond donors (Lipinski definition) is 2. The topological polar surface area (TPSA) is 58.2 Å². The van der Waals surface area contributed by atoms with E-state index in [1.807, 2.05) is 42.5 Å². The van der Waals surface area contributed by atoms with E-state index in [2.05, 4.69) is 10.6 Å². The standard InChI is InChI=1S/C19H14Cl2N2O2/c20-13-8-9-15(16(21)10-13)19(25)22-11-18(24)23-17-7-3-5-12-4-1-2-6-14(12)17/h1-10H,11H2,(H,22,25)(H,23,24). The number of carbonyl (C=O) groups is 2. The Kier molecular flexibility index (Phi) is 5.22. The average Bonchev–Trinajstić information content (AvgIpc) is 2.60. The van der Waals surface area contributed by atoms with Crippen molar-refractivity contribution in [2.45, 2.75) is 0 Å². The van der Waals surface area contributed by atoms with Gasteiger partial charge in [0.15, 0.2) is 0 Å². The third kappa shape index (κ3) is 4.10. The van der Waals surface area contributed by atoms with Gasteiger partial charge in [-0.25, -0.2) is 0 Å². The van der Waals surface area contributed by atoms with Crippen molar-refractivity contribution in [2.75, 3.05) is 11.9 Å². The number of carbonyl (C=O) groups excluding carboxylic acids is 2. The van der Waals surface area contributed by atoms with E-state index >= 15 is 0 Å². The summed E-state index contributed by atoms with van der Waals surface area (Å²) in [6.07, 6.45) is 0. The van der Waals surface area contributed by atoms with E-state index in [1.165, 1.54) is 12.1 Å². The number of fused-ring (bicyclic) bond motifs is 1. The number of nitrogens with one attached hydrogen (secondary N) is 2. The normalized spacial score (nSPS) is 10.5. The zero-order valence-electron chi connectivity index (χ0n) is 13.1. The van der Waals surface area contributed by atoms with E-state index in [1.54, 1.807) is 6.07 Å². The largest absolute Gasteiger partial charge is 0.343 e. The maximum atomic E-state index is 12.2. The van der Waals surface area contributed by atoms with Crippen molar-refractivity contribution in [2.24, 2.45) is 0 Å². The molecule has 0 saturated carbocycles. The van der Waals surface area contributed by atoms with Crippen molar-refractivity contribution in [3.8, 4) is 0 Å². The highest BCUT2D eigenvalue weighted by molar-refractivity contribution is 6.36. The Bertz CT molecular complexity index is 952. The third-order valence-electron chi connectivity index (χ3n) is 3.65. The van der Waals surface area contributed by atoms with Gasteiger partial charge in [-0.15, -0.1) is 0 Å². The molecule has 25 heavy (non-hydrogen) atoms. The maximum absolute atomic E-state index is 12.2. The molecular weight excluding hydrogens is 359 g/mol. The second-order valence-corrected chi connectivity index (χ2v) is 6.23. The van der Waals surface area contributed by atoms with Crippen molar-refractivity contribution < 1.29 is 9.59 Å². The first kappa shape index (κ1) is 17.3. The lowest BCUT2D eigenvalue weighted by molar-refractivity contribution is -0.115. The molecular formula is C19H14Cl2N2O2. The molecule has 0 aliphatic rings. The molecule has 3 aromatic rings. The van der Waals surface area contributed by atoms with Gasteiger partial charge in [-0.3, -0.25) is 9.59 Å². The Hall–Kier alpha value is -2.56. The fraction of sp³-hybridized carbons (Fsp3) is 0.0526. The molecule has 0 bridgehead atoms. The quantitative estimate of drug-likeness (QED) is 0.707. The SMILES string of the molecule is O=C(CNC(=O)c1ccc(Cl)cc1Cl)Nc1cccc2ccccc12. The molecule has 0 unspecified atom stereocenters. The molecule has 0 spiro atoms. The van der Waals surface area contributed by atoms with Crippen LogP contribution < -0.4 is 10.6 Å². The molecule has 0 atom stereocenters. The summed E-state index contributed by atoms with van der Waals surface area (Å²) < 4.78 is 0. The van der Waals surface area contributed by atoms with Crippen LogP contribution in [0.1, 0.15) is 10.4 Å². The predicted molar refractivity (Wildman–Crippen MR) is 101 cm³/mol. The van der Waals surface area contributed by atoms with Gasteiger partial charge in [0.1, 0.15) is 0 Å². The van der Waals surface area contributed by atoms with Crippen LogP contribution in [0.2, 0.25) is 10.0 Å². The Morgan fingerprint density at radius 1 is 0.920 bits per heavy atom. The minimum atomic E-state index is -0.435. The van der Waals surface area contributed by atoms with Gasteiger partial charge < -0.3 is 10.6 Å². The van der Waals surface area contributed by atoms with Gasteiger partial charge >= 0.3 is 0 Å². The fourth-order valence-corrected chi connectivity index (χ4v) is 2.95. The number of hydrogen-bond acceptors (Lipinski definition) is 2. The van der Waals surface area contributed by atoms with Crippen LogP contribution in [0, 0.1) is 0 Å². The minimum absolute atomic E-state index is 0.166. The Labute approximate surface area is 154 Å². The van der Waals surface area contributed by atoms with Gasteiger partial charge in [-0.1, -0.05) is 59.6 Å². The van der Waals surface area contributed by atoms with E-state index in [-0.39, 0.29) is 23.0 Å². The molecule has 0 aliphatic carbocycles. The fourth-order valence-electron chi connectivity index (χ4n) is 2.46. The molecule has 2 amide bonds. The van der Waals surface area contributed by atoms with Gasteiger partial charge in [-0.2, -0.15) is 0 Å². The van der Waals surface area contributed by atoms with Gasteiger partial charge in [-0.05, 0) is 29.7 Å². The lowest BCUT2D eigenvalue weighted by Crippen LogP contribution is -2.33. The first-order valence-corrected chi connectivity index (χ1v) is 8.31. The van der Waals surface area contributed by atoms with Gasteiger partial charge in [0.2, 0.25) is 5.91 Å². The average molecular weight is 373 g/mol. The van der Waals surface area contributed by atoms with Gasteiger partial charge in [0.05, 0.1) is 17.1 Å². The van der Waals surface area contributed by atoms with E-state index in [9.17, 15) is 9.59 Å². The number of rotatable bonds is 4. The summed E-state index contributed by atoms with van der Waals surface area (Å²) in [6.45, 7) is -0.166. The number of benzene rings is 3. The predicted octanol–water partition coefficient (Wildman–Crippen LogP) is 4.52. The molecule has 6 heteroatoms. The Morgan fingerprint density at radius 3 is 2.48 bits per heavy atom. The second kappa shape index (κ2) is 7.55. The Balaban J connectivity index is 1.65. The van der Waals surface area contributed by atoms with Crippen LogP contribution in [-0.2, 0) is 4.79 Å². The molecule has 3 rings (SSSR count). The lowest BCUT2D eigenvalue weighted by Gasteiger charge is -2.10. The highest BCUT2D eigenvalue weighted by Crippen LogP contribution is 2.23. The molecule has 126 valence electrons. The van der Waals surface area contributed by atoms with Gasteiger partial charge in [0.25, 0.3) is 5.91 Å². The summed E-state index contributed by atoms with van der Waals surface area (Å²) in [5.41, 5.74) is 0.964. The van der Waals surface area contributed by atoms with Crippen LogP contribution in [-0.4, -0.2) is 18.4 Å². The van der Waals surface area contributed by atoms with E-state index in [4.69, 9.17) is 23.2 Å². The van der Waals surface area contributed by atoms with Crippen LogP contribution in [0.4, 0.5) is 5.69 Å². The van der Waals surface area contributed by atoms with Crippen LogP contribution in [0.25, 0.3) is 10.8 Å². The summed E-state index contributed by atoms with van der Waals surface area (Å²) in [4.78, 5) is 24.3. The summed E-state index contributed by atoms with van der Waals surface area (Å²) in [7, 11) is 0. The summed E-state index contributed by atoms with van der Waals surface area (Å²) in [6, 6.07) is 17.9. The van der Waals surface area contributed by atoms with Crippen molar-refractivity contribution in [1.29, 1.82) is 0 Å². The van der Waals surface area contributed by atoms with Gasteiger partial charge in [0, 0.05) is 16.1 Å². The zero-order valence-corrected chi connectivity index (χ0v) is 14.6. The van der Waals surface area contributed by atoms with Crippen LogP contribution in [0.5, 0.6) is 0 Å². The highest BCUT2D eigenvalue weighted by atomic mass is 35.5. The second-order valence-electron chi connectivity index (χ2n) is 5.38. The molecule has 0 aromatic heterocycles. The molecule has 0 saturated heterocycles. The molecule has 0 heterocycles. The summed E-state index contributed by atoms with van der Waals surface area (Å²) in [5.74, 6) is -0.760. The van der Waals surface area contributed by atoms with Crippen molar-refractivity contribution in [1.82, 2.24) is 5.32 Å². The highest BCUT2D eigenvalue weighted by Gasteiger charge is 2.12. The van der Waals surface area contributed by atoms with E-state index < -0.39 is 5.91 Å². The first-order valence-electron chi connectivity index (χ1n) is 7.55. The molecule has 0 fully saturated rings. The lowest BCUT2D eigenvalue weighted by atomic mass is 10.1. The van der Waals surface area contributed by atoms with Crippen LogP contribution >= 0.6 is 23.2 Å². The maximum Gasteiger partial charge on any atom is 0.253 e. The molecule has 3 aromatic carbocycles. The van der Waals surface area contributed by atoms with Crippen LogP contribution in [0.3, 0.4) is 0 Å². The third-order valence-corrected chi connectivity index (χ3v) is 4.20. The smallest absolute Gasteiger partial charge is 0.253 e. The number of amides is 2. The molecule has 2 N–H and O–H groups in total. The van der Waals surface area contributed by atoms with Crippen molar-refractivity contribution in [3.05, 3.63) is 76.3 Å². The molecule has 0 radical (unpaired) electrons. The summed E-state index contributed by atoms with van der Waals surface area (Å²) in [5, 5.41) is 7.99. The number of halogens is 2. The number of anilines is 1. The van der Waals surface area contributed by atoms with Crippen molar-refractivity contribution in [3.63, 3.8) is 0 Å². The monoisotopic (exact) mass is 372 g/mol.